The molecule has 2 rings (SSSR count). The predicted octanol–water partition coefficient (Wildman–Crippen LogP) is 1.87. The molecule has 0 spiro atoms. The third-order valence-corrected chi connectivity index (χ3v) is 3.29. The summed E-state index contributed by atoms with van der Waals surface area (Å²) in [6, 6.07) is 5.47. The van der Waals surface area contributed by atoms with Crippen molar-refractivity contribution in [3.05, 3.63) is 35.6 Å². The van der Waals surface area contributed by atoms with E-state index in [2.05, 4.69) is 5.32 Å². The fourth-order valence-electron chi connectivity index (χ4n) is 1.86. The lowest BCUT2D eigenvalue weighted by Crippen LogP contribution is -2.38. The van der Waals surface area contributed by atoms with Crippen LogP contribution in [0.5, 0.6) is 0 Å². The second kappa shape index (κ2) is 4.40. The number of nitrogens with one attached hydrogen (secondary N) is 1. The Morgan fingerprint density at radius 1 is 1.44 bits per heavy atom. The van der Waals surface area contributed by atoms with E-state index in [4.69, 9.17) is 5.11 Å². The highest BCUT2D eigenvalue weighted by atomic mass is 19.1. The van der Waals surface area contributed by atoms with Gasteiger partial charge in [0, 0.05) is 0 Å². The van der Waals surface area contributed by atoms with Gasteiger partial charge < -0.3 is 10.4 Å². The second-order valence-corrected chi connectivity index (χ2v) is 4.64. The molecule has 18 heavy (non-hydrogen) atoms. The summed E-state index contributed by atoms with van der Waals surface area (Å²) in [7, 11) is 0. The lowest BCUT2D eigenvalue weighted by atomic mass is 10.0. The van der Waals surface area contributed by atoms with Crippen LogP contribution in [0.25, 0.3) is 0 Å². The topological polar surface area (TPSA) is 66.4 Å². The van der Waals surface area contributed by atoms with Gasteiger partial charge >= 0.3 is 5.97 Å². The average molecular weight is 251 g/mol. The van der Waals surface area contributed by atoms with Gasteiger partial charge in [0.05, 0.1) is 6.04 Å². The minimum absolute atomic E-state index is 0.365. The molecule has 0 aliphatic heterocycles. The molecule has 1 saturated carbocycles. The number of carboxylic acid groups (broad SMARTS) is 1. The summed E-state index contributed by atoms with van der Waals surface area (Å²) in [5.74, 6) is -1.97. The van der Waals surface area contributed by atoms with Gasteiger partial charge in [-0.25, -0.2) is 4.39 Å². The number of carbonyl (C=O) groups excluding carboxylic acids is 1. The van der Waals surface area contributed by atoms with Gasteiger partial charge in [0.15, 0.2) is 0 Å². The van der Waals surface area contributed by atoms with Crippen LogP contribution in [0.2, 0.25) is 0 Å². The van der Waals surface area contributed by atoms with Gasteiger partial charge in [-0.2, -0.15) is 0 Å². The Hall–Kier alpha value is -1.91. The van der Waals surface area contributed by atoms with E-state index in [1.54, 1.807) is 19.1 Å². The van der Waals surface area contributed by atoms with Crippen LogP contribution in [-0.4, -0.2) is 17.0 Å². The van der Waals surface area contributed by atoms with Crippen molar-refractivity contribution in [2.75, 3.05) is 0 Å². The minimum atomic E-state index is -1.26. The van der Waals surface area contributed by atoms with E-state index >= 15 is 0 Å². The van der Waals surface area contributed by atoms with Gasteiger partial charge in [0.2, 0.25) is 5.91 Å². The Bertz CT molecular complexity index is 497. The van der Waals surface area contributed by atoms with Crippen molar-refractivity contribution in [1.29, 1.82) is 0 Å². The summed E-state index contributed by atoms with van der Waals surface area (Å²) in [5, 5.41) is 11.6. The Kier molecular flexibility index (Phi) is 3.07. The molecule has 1 unspecified atom stereocenters. The zero-order chi connectivity index (χ0) is 13.3. The van der Waals surface area contributed by atoms with Crippen LogP contribution < -0.4 is 5.32 Å². The molecule has 1 aromatic rings. The molecule has 96 valence electrons. The van der Waals surface area contributed by atoms with Crippen molar-refractivity contribution >= 4 is 11.9 Å². The van der Waals surface area contributed by atoms with Gasteiger partial charge in [-0.1, -0.05) is 12.1 Å². The van der Waals surface area contributed by atoms with Crippen LogP contribution >= 0.6 is 0 Å². The fourth-order valence-corrected chi connectivity index (χ4v) is 1.86. The summed E-state index contributed by atoms with van der Waals surface area (Å²) in [5.41, 5.74) is -0.647. The number of halogens is 1. The van der Waals surface area contributed by atoms with Crippen LogP contribution in [0.15, 0.2) is 24.3 Å². The van der Waals surface area contributed by atoms with E-state index in [1.165, 1.54) is 12.1 Å². The van der Waals surface area contributed by atoms with Gasteiger partial charge in [-0.15, -0.1) is 0 Å². The maximum Gasteiger partial charge on any atom is 0.319 e. The quantitative estimate of drug-likeness (QED) is 0.803. The Morgan fingerprint density at radius 2 is 2.11 bits per heavy atom. The first-order chi connectivity index (χ1) is 8.45. The third kappa shape index (κ3) is 2.20. The summed E-state index contributed by atoms with van der Waals surface area (Å²) < 4.78 is 13.0. The highest BCUT2D eigenvalue weighted by Gasteiger charge is 2.57. The number of hydrogen-bond donors (Lipinski definition) is 2. The Balaban J connectivity index is 2.06. The van der Waals surface area contributed by atoms with Gasteiger partial charge in [-0.05, 0) is 37.5 Å². The molecule has 1 aliphatic rings. The molecule has 2 N–H and O–H groups in total. The van der Waals surface area contributed by atoms with Crippen LogP contribution in [0.4, 0.5) is 4.39 Å². The van der Waals surface area contributed by atoms with Gasteiger partial charge in [0.1, 0.15) is 11.2 Å². The average Bonchev–Trinajstić information content (AvgIpc) is 3.09. The van der Waals surface area contributed by atoms with Crippen molar-refractivity contribution in [3.63, 3.8) is 0 Å². The fraction of sp³-hybridized carbons (Fsp3) is 0.385. The van der Waals surface area contributed by atoms with Crippen molar-refractivity contribution in [2.45, 2.75) is 25.8 Å². The summed E-state index contributed by atoms with van der Waals surface area (Å²) in [6.45, 7) is 1.70. The SMILES string of the molecule is CC(NC(=O)C1(C(=O)O)CC1)c1cccc(F)c1. The monoisotopic (exact) mass is 251 g/mol. The molecule has 1 amide bonds. The Labute approximate surface area is 104 Å². The molecule has 0 heterocycles. The van der Waals surface area contributed by atoms with E-state index in [0.717, 1.165) is 0 Å². The molecule has 0 saturated heterocycles. The van der Waals surface area contributed by atoms with Gasteiger partial charge in [0.25, 0.3) is 0 Å². The van der Waals surface area contributed by atoms with Crippen LogP contribution in [0, 0.1) is 11.2 Å². The number of aliphatic carboxylic acids is 1. The minimum Gasteiger partial charge on any atom is -0.480 e. The zero-order valence-corrected chi connectivity index (χ0v) is 9.94. The first-order valence-corrected chi connectivity index (χ1v) is 5.75. The predicted molar refractivity (Wildman–Crippen MR) is 62.3 cm³/mol. The number of benzene rings is 1. The number of carbonyl (C=O) groups is 2. The van der Waals surface area contributed by atoms with Crippen LogP contribution in [-0.2, 0) is 9.59 Å². The maximum atomic E-state index is 13.0. The molecule has 0 radical (unpaired) electrons. The normalized spacial score (nSPS) is 17.9. The highest BCUT2D eigenvalue weighted by Crippen LogP contribution is 2.46. The molecule has 1 aliphatic carbocycles. The highest BCUT2D eigenvalue weighted by molar-refractivity contribution is 6.04. The third-order valence-electron chi connectivity index (χ3n) is 3.29. The van der Waals surface area contributed by atoms with Crippen molar-refractivity contribution in [1.82, 2.24) is 5.32 Å². The Morgan fingerprint density at radius 3 is 2.61 bits per heavy atom. The number of hydrogen-bond acceptors (Lipinski definition) is 2. The molecular weight excluding hydrogens is 237 g/mol. The summed E-state index contributed by atoms with van der Waals surface area (Å²) in [6.07, 6.45) is 0.730. The number of amides is 1. The van der Waals surface area contributed by atoms with E-state index in [-0.39, 0.29) is 5.82 Å². The lowest BCUT2D eigenvalue weighted by molar-refractivity contribution is -0.149. The zero-order valence-electron chi connectivity index (χ0n) is 9.94. The van der Waals surface area contributed by atoms with Crippen molar-refractivity contribution < 1.29 is 19.1 Å². The summed E-state index contributed by atoms with van der Waals surface area (Å²) in [4.78, 5) is 22.8. The molecule has 1 aromatic carbocycles. The molecule has 5 heteroatoms. The van der Waals surface area contributed by atoms with Crippen LogP contribution in [0.3, 0.4) is 0 Å². The standard InChI is InChI=1S/C13H14FNO3/c1-8(9-3-2-4-10(14)7-9)15-11(16)13(5-6-13)12(17)18/h2-4,7-8H,5-6H2,1H3,(H,15,16)(H,17,18). The molecule has 1 atom stereocenters. The largest absolute Gasteiger partial charge is 0.480 e. The van der Waals surface area contributed by atoms with Crippen molar-refractivity contribution in [2.24, 2.45) is 5.41 Å². The first-order valence-electron chi connectivity index (χ1n) is 5.75. The van der Waals surface area contributed by atoms with Crippen LogP contribution in [0.1, 0.15) is 31.4 Å². The van der Waals surface area contributed by atoms with E-state index in [9.17, 15) is 14.0 Å². The number of carboxylic acids is 1. The lowest BCUT2D eigenvalue weighted by Gasteiger charge is -2.17. The molecule has 1 fully saturated rings. The van der Waals surface area contributed by atoms with Gasteiger partial charge in [-0.3, -0.25) is 9.59 Å². The van der Waals surface area contributed by atoms with E-state index in [1.807, 2.05) is 0 Å². The first kappa shape index (κ1) is 12.5. The second-order valence-electron chi connectivity index (χ2n) is 4.64. The van der Waals surface area contributed by atoms with E-state index < -0.39 is 23.3 Å². The smallest absolute Gasteiger partial charge is 0.319 e. The molecule has 0 aromatic heterocycles. The molecular formula is C13H14FNO3. The van der Waals surface area contributed by atoms with Crippen molar-refractivity contribution in [3.8, 4) is 0 Å². The van der Waals surface area contributed by atoms with E-state index in [0.29, 0.717) is 18.4 Å². The summed E-state index contributed by atoms with van der Waals surface area (Å²) >= 11 is 0. The molecule has 0 bridgehead atoms. The molecule has 4 nitrogen and oxygen atoms in total. The number of rotatable bonds is 4. The maximum absolute atomic E-state index is 13.0.